The predicted molar refractivity (Wildman–Crippen MR) is 122 cm³/mol. The number of hydrogen-bond donors (Lipinski definition) is 0. The number of aryl methyl sites for hydroxylation is 1. The summed E-state index contributed by atoms with van der Waals surface area (Å²) < 4.78 is 13.0. The summed E-state index contributed by atoms with van der Waals surface area (Å²) in [4.78, 5) is 25.3. The maximum Gasteiger partial charge on any atom is 0.263 e. The summed E-state index contributed by atoms with van der Waals surface area (Å²) in [6.45, 7) is 7.66. The SMILES string of the molecule is CC1CCc2c(sc3nc(SCc4noc(C(C)C)n4)n(CC4CCCO4)c(=O)c23)C1. The first-order valence-corrected chi connectivity index (χ1v) is 12.9. The zero-order valence-electron chi connectivity index (χ0n) is 18.2. The molecule has 2 aliphatic rings. The Balaban J connectivity index is 1.52. The maximum absolute atomic E-state index is 13.7. The number of fused-ring (bicyclic) bond motifs is 3. The molecule has 9 heteroatoms. The molecule has 5 rings (SSSR count). The third-order valence-corrected chi connectivity index (χ3v) is 8.22. The molecular weight excluding hydrogens is 432 g/mol. The van der Waals surface area contributed by atoms with Gasteiger partial charge in [-0.15, -0.1) is 11.3 Å². The van der Waals surface area contributed by atoms with Gasteiger partial charge in [-0.1, -0.05) is 37.7 Å². The first kappa shape index (κ1) is 21.2. The van der Waals surface area contributed by atoms with E-state index < -0.39 is 0 Å². The summed E-state index contributed by atoms with van der Waals surface area (Å²) in [5, 5.41) is 5.63. The van der Waals surface area contributed by atoms with Gasteiger partial charge in [-0.25, -0.2) is 4.98 Å². The number of ether oxygens (including phenoxy) is 1. The minimum absolute atomic E-state index is 0.0727. The first-order chi connectivity index (χ1) is 15.0. The van der Waals surface area contributed by atoms with Gasteiger partial charge in [-0.2, -0.15) is 4.98 Å². The molecule has 0 saturated carbocycles. The van der Waals surface area contributed by atoms with E-state index in [-0.39, 0.29) is 17.6 Å². The van der Waals surface area contributed by atoms with Crippen LogP contribution in [0.5, 0.6) is 0 Å². The quantitative estimate of drug-likeness (QED) is 0.394. The van der Waals surface area contributed by atoms with Crippen LogP contribution in [0.15, 0.2) is 14.5 Å². The Kier molecular flexibility index (Phi) is 5.92. The van der Waals surface area contributed by atoms with Crippen molar-refractivity contribution in [3.8, 4) is 0 Å². The average Bonchev–Trinajstić information content (AvgIpc) is 3.47. The molecule has 0 bridgehead atoms. The highest BCUT2D eigenvalue weighted by Crippen LogP contribution is 2.37. The molecule has 3 aromatic heterocycles. The van der Waals surface area contributed by atoms with Crippen molar-refractivity contribution in [3.63, 3.8) is 0 Å². The molecule has 2 atom stereocenters. The molecule has 2 unspecified atom stereocenters. The molecule has 4 heterocycles. The number of nitrogens with zero attached hydrogens (tertiary/aromatic N) is 4. The van der Waals surface area contributed by atoms with Gasteiger partial charge in [0.05, 0.1) is 23.8 Å². The summed E-state index contributed by atoms with van der Waals surface area (Å²) in [5.41, 5.74) is 1.30. The monoisotopic (exact) mass is 460 g/mol. The van der Waals surface area contributed by atoms with Gasteiger partial charge in [0.15, 0.2) is 11.0 Å². The van der Waals surface area contributed by atoms with E-state index in [2.05, 4.69) is 17.1 Å². The fraction of sp³-hybridized carbons (Fsp3) is 0.636. The zero-order chi connectivity index (χ0) is 21.5. The second-order valence-electron chi connectivity index (χ2n) is 8.97. The van der Waals surface area contributed by atoms with E-state index in [1.54, 1.807) is 11.3 Å². The van der Waals surface area contributed by atoms with Crippen molar-refractivity contribution < 1.29 is 9.26 Å². The van der Waals surface area contributed by atoms with E-state index >= 15 is 0 Å². The van der Waals surface area contributed by atoms with E-state index in [0.29, 0.717) is 29.9 Å². The summed E-state index contributed by atoms with van der Waals surface area (Å²) >= 11 is 3.20. The second kappa shape index (κ2) is 8.67. The third-order valence-electron chi connectivity index (χ3n) is 6.10. The van der Waals surface area contributed by atoms with Gasteiger partial charge < -0.3 is 9.26 Å². The fourth-order valence-corrected chi connectivity index (χ4v) is 6.63. The van der Waals surface area contributed by atoms with Gasteiger partial charge in [-0.3, -0.25) is 9.36 Å². The summed E-state index contributed by atoms with van der Waals surface area (Å²) in [6.07, 6.45) is 5.26. The third kappa shape index (κ3) is 4.19. The Morgan fingerprint density at radius 1 is 1.29 bits per heavy atom. The normalized spacial score (nSPS) is 21.3. The van der Waals surface area contributed by atoms with Crippen LogP contribution in [0.1, 0.15) is 68.1 Å². The van der Waals surface area contributed by atoms with Crippen LogP contribution in [0.4, 0.5) is 0 Å². The highest BCUT2D eigenvalue weighted by atomic mass is 32.2. The van der Waals surface area contributed by atoms with Crippen molar-refractivity contribution in [1.82, 2.24) is 19.7 Å². The molecule has 0 N–H and O–H groups in total. The first-order valence-electron chi connectivity index (χ1n) is 11.1. The number of thiophene rings is 1. The lowest BCUT2D eigenvalue weighted by molar-refractivity contribution is 0.0937. The number of aromatic nitrogens is 4. The summed E-state index contributed by atoms with van der Waals surface area (Å²) in [5.74, 6) is 2.64. The Morgan fingerprint density at radius 3 is 2.90 bits per heavy atom. The molecule has 1 aliphatic carbocycles. The van der Waals surface area contributed by atoms with E-state index in [1.807, 2.05) is 18.4 Å². The molecular formula is C22H28N4O3S2. The van der Waals surface area contributed by atoms with E-state index in [0.717, 1.165) is 54.1 Å². The largest absolute Gasteiger partial charge is 0.376 e. The minimum Gasteiger partial charge on any atom is -0.376 e. The van der Waals surface area contributed by atoms with Gasteiger partial charge in [-0.05, 0) is 43.6 Å². The topological polar surface area (TPSA) is 83.0 Å². The lowest BCUT2D eigenvalue weighted by Gasteiger charge is -2.18. The molecule has 1 saturated heterocycles. The van der Waals surface area contributed by atoms with Crippen LogP contribution in [0.25, 0.3) is 10.2 Å². The molecule has 31 heavy (non-hydrogen) atoms. The van der Waals surface area contributed by atoms with E-state index in [9.17, 15) is 4.79 Å². The molecule has 0 aromatic carbocycles. The van der Waals surface area contributed by atoms with E-state index in [4.69, 9.17) is 14.2 Å². The van der Waals surface area contributed by atoms with Crippen LogP contribution in [0, 0.1) is 5.92 Å². The van der Waals surface area contributed by atoms with Crippen molar-refractivity contribution in [2.24, 2.45) is 5.92 Å². The summed E-state index contributed by atoms with van der Waals surface area (Å²) in [7, 11) is 0. The molecule has 0 amide bonds. The standard InChI is InChI=1S/C22H28N4O3S2/c1-12(2)19-23-17(25-29-19)11-30-22-24-20-18(15-7-6-13(3)9-16(15)31-20)21(27)26(22)10-14-5-4-8-28-14/h12-14H,4-11H2,1-3H3. The van der Waals surface area contributed by atoms with Gasteiger partial charge in [0.2, 0.25) is 5.89 Å². The molecule has 1 fully saturated rings. The van der Waals surface area contributed by atoms with Gasteiger partial charge >= 0.3 is 0 Å². The Morgan fingerprint density at radius 2 is 2.16 bits per heavy atom. The molecule has 166 valence electrons. The molecule has 3 aromatic rings. The number of rotatable bonds is 6. The van der Waals surface area contributed by atoms with Crippen LogP contribution >= 0.6 is 23.1 Å². The van der Waals surface area contributed by atoms with Crippen LogP contribution in [-0.2, 0) is 29.9 Å². The van der Waals surface area contributed by atoms with Crippen LogP contribution in [0.2, 0.25) is 0 Å². The predicted octanol–water partition coefficient (Wildman–Crippen LogP) is 4.56. The zero-order valence-corrected chi connectivity index (χ0v) is 19.9. The van der Waals surface area contributed by atoms with Crippen LogP contribution in [0.3, 0.4) is 0 Å². The van der Waals surface area contributed by atoms with Crippen LogP contribution < -0.4 is 5.56 Å². The highest BCUT2D eigenvalue weighted by molar-refractivity contribution is 7.98. The Labute approximate surface area is 189 Å². The maximum atomic E-state index is 13.7. The number of hydrogen-bond acceptors (Lipinski definition) is 8. The van der Waals surface area contributed by atoms with Crippen LogP contribution in [-0.4, -0.2) is 32.4 Å². The molecule has 7 nitrogen and oxygen atoms in total. The van der Waals surface area contributed by atoms with Gasteiger partial charge in [0.25, 0.3) is 5.56 Å². The lowest BCUT2D eigenvalue weighted by atomic mass is 9.89. The lowest BCUT2D eigenvalue weighted by Crippen LogP contribution is -2.29. The highest BCUT2D eigenvalue weighted by Gasteiger charge is 2.26. The minimum atomic E-state index is 0.0727. The number of thioether (sulfide) groups is 1. The smallest absolute Gasteiger partial charge is 0.263 e. The van der Waals surface area contributed by atoms with Crippen molar-refractivity contribution in [1.29, 1.82) is 0 Å². The van der Waals surface area contributed by atoms with Crippen molar-refractivity contribution in [2.75, 3.05) is 6.61 Å². The van der Waals surface area contributed by atoms with Crippen molar-refractivity contribution in [2.45, 2.75) is 82.4 Å². The van der Waals surface area contributed by atoms with E-state index in [1.165, 1.54) is 22.2 Å². The molecule has 1 aliphatic heterocycles. The average molecular weight is 461 g/mol. The van der Waals surface area contributed by atoms with Crippen molar-refractivity contribution in [3.05, 3.63) is 32.5 Å². The second-order valence-corrected chi connectivity index (χ2v) is 11.0. The Bertz CT molecular complexity index is 1140. The molecule has 0 spiro atoms. The Hall–Kier alpha value is -1.71. The summed E-state index contributed by atoms with van der Waals surface area (Å²) in [6, 6.07) is 0. The fourth-order valence-electron chi connectivity index (χ4n) is 4.36. The van der Waals surface area contributed by atoms with Crippen molar-refractivity contribution >= 4 is 33.3 Å². The van der Waals surface area contributed by atoms with Gasteiger partial charge in [0.1, 0.15) is 4.83 Å². The van der Waals surface area contributed by atoms with Gasteiger partial charge in [0, 0.05) is 17.4 Å². The molecule has 0 radical (unpaired) electrons.